The molecule has 5 heteroatoms. The van der Waals surface area contributed by atoms with Crippen molar-refractivity contribution >= 4 is 11.9 Å². The molecule has 5 nitrogen and oxygen atoms in total. The van der Waals surface area contributed by atoms with E-state index in [0.717, 1.165) is 0 Å². The smallest absolute Gasteiger partial charge is 0.340 e. The summed E-state index contributed by atoms with van der Waals surface area (Å²) in [4.78, 5) is 22.1. The molecule has 0 radical (unpaired) electrons. The second-order valence-corrected chi connectivity index (χ2v) is 3.23. The van der Waals surface area contributed by atoms with Crippen LogP contribution in [-0.4, -0.2) is 30.4 Å². The molecular weight excluding hydrogens is 212 g/mol. The number of hydrogen-bond acceptors (Lipinski definition) is 5. The molecule has 1 fully saturated rings. The highest BCUT2D eigenvalue weighted by molar-refractivity contribution is 5.96. The number of methoxy groups -OCH3 is 1. The molecule has 1 N–H and O–H groups in total. The number of hydrogen-bond donors (Lipinski definition) is 1. The van der Waals surface area contributed by atoms with E-state index in [9.17, 15) is 14.7 Å². The number of allylic oxidation sites excluding steroid dienone is 2. The molecule has 1 saturated heterocycles. The fourth-order valence-electron chi connectivity index (χ4n) is 1.41. The molecule has 1 heterocycles. The first-order valence-corrected chi connectivity index (χ1v) is 4.92. The number of cyclic esters (lactones) is 1. The third-order valence-electron chi connectivity index (χ3n) is 2.25. The standard InChI is InChI=1S/C11H14O5/c1-3-7-8(11(14)16-10(7)13)5-4-6-9(12)15-2/h3,5,10,13H,4,6H2,1-2H3/b7-3+,8-5+. The molecule has 0 aromatic rings. The van der Waals surface area contributed by atoms with Crippen molar-refractivity contribution in [1.82, 2.24) is 0 Å². The summed E-state index contributed by atoms with van der Waals surface area (Å²) in [6.07, 6.45) is 2.56. The second-order valence-electron chi connectivity index (χ2n) is 3.23. The van der Waals surface area contributed by atoms with Crippen molar-refractivity contribution in [1.29, 1.82) is 0 Å². The molecule has 0 saturated carbocycles. The molecule has 1 atom stereocenters. The number of rotatable bonds is 3. The van der Waals surface area contributed by atoms with Crippen LogP contribution in [-0.2, 0) is 19.1 Å². The number of aliphatic hydroxyl groups is 1. The molecule has 0 spiro atoms. The normalized spacial score (nSPS) is 24.9. The summed E-state index contributed by atoms with van der Waals surface area (Å²) in [5, 5.41) is 9.34. The van der Waals surface area contributed by atoms with Gasteiger partial charge in [0.15, 0.2) is 0 Å². The minimum Gasteiger partial charge on any atom is -0.469 e. The van der Waals surface area contributed by atoms with Gasteiger partial charge in [-0.05, 0) is 13.3 Å². The van der Waals surface area contributed by atoms with Gasteiger partial charge >= 0.3 is 11.9 Å². The van der Waals surface area contributed by atoms with E-state index in [2.05, 4.69) is 9.47 Å². The molecule has 0 aromatic heterocycles. The molecule has 1 aliphatic rings. The number of esters is 2. The van der Waals surface area contributed by atoms with Gasteiger partial charge in [0.25, 0.3) is 0 Å². The number of ether oxygens (including phenoxy) is 2. The van der Waals surface area contributed by atoms with E-state index in [0.29, 0.717) is 17.6 Å². The van der Waals surface area contributed by atoms with Crippen LogP contribution in [0.15, 0.2) is 23.3 Å². The van der Waals surface area contributed by atoms with Gasteiger partial charge in [0.1, 0.15) is 0 Å². The lowest BCUT2D eigenvalue weighted by Gasteiger charge is -1.99. The van der Waals surface area contributed by atoms with Gasteiger partial charge in [-0.15, -0.1) is 0 Å². The molecule has 88 valence electrons. The first-order chi connectivity index (χ1) is 7.60. The van der Waals surface area contributed by atoms with Crippen LogP contribution in [0.1, 0.15) is 19.8 Å². The maximum Gasteiger partial charge on any atom is 0.340 e. The molecular formula is C11H14O5. The van der Waals surface area contributed by atoms with Gasteiger partial charge in [-0.2, -0.15) is 0 Å². The van der Waals surface area contributed by atoms with Gasteiger partial charge in [0, 0.05) is 12.0 Å². The van der Waals surface area contributed by atoms with Crippen LogP contribution in [0.25, 0.3) is 0 Å². The van der Waals surface area contributed by atoms with Gasteiger partial charge < -0.3 is 14.6 Å². The lowest BCUT2D eigenvalue weighted by atomic mass is 10.1. The van der Waals surface area contributed by atoms with Gasteiger partial charge in [-0.25, -0.2) is 4.79 Å². The molecule has 1 rings (SSSR count). The molecule has 1 aliphatic heterocycles. The Balaban J connectivity index is 2.67. The number of carbonyl (C=O) groups excluding carboxylic acids is 2. The molecule has 0 bridgehead atoms. The summed E-state index contributed by atoms with van der Waals surface area (Å²) in [7, 11) is 1.31. The Kier molecular flexibility index (Phi) is 4.25. The van der Waals surface area contributed by atoms with Gasteiger partial charge in [-0.1, -0.05) is 12.2 Å². The predicted molar refractivity (Wildman–Crippen MR) is 55.2 cm³/mol. The van der Waals surface area contributed by atoms with Gasteiger partial charge in [0.05, 0.1) is 12.7 Å². The van der Waals surface area contributed by atoms with Crippen molar-refractivity contribution < 1.29 is 24.2 Å². The molecule has 0 aliphatic carbocycles. The maximum absolute atomic E-state index is 11.3. The van der Waals surface area contributed by atoms with Crippen molar-refractivity contribution in [3.63, 3.8) is 0 Å². The minimum atomic E-state index is -1.19. The monoisotopic (exact) mass is 226 g/mol. The van der Waals surface area contributed by atoms with E-state index >= 15 is 0 Å². The van der Waals surface area contributed by atoms with Crippen LogP contribution in [0.3, 0.4) is 0 Å². The van der Waals surface area contributed by atoms with E-state index in [1.165, 1.54) is 7.11 Å². The van der Waals surface area contributed by atoms with E-state index in [4.69, 9.17) is 0 Å². The van der Waals surface area contributed by atoms with E-state index < -0.39 is 12.3 Å². The Morgan fingerprint density at radius 1 is 1.62 bits per heavy atom. The average Bonchev–Trinajstić information content (AvgIpc) is 2.53. The third kappa shape index (κ3) is 2.70. The largest absolute Gasteiger partial charge is 0.469 e. The summed E-state index contributed by atoms with van der Waals surface area (Å²) in [6.45, 7) is 1.70. The molecule has 0 amide bonds. The Labute approximate surface area is 93.3 Å². The Hall–Kier alpha value is -1.62. The number of carbonyl (C=O) groups is 2. The highest BCUT2D eigenvalue weighted by Gasteiger charge is 2.31. The first kappa shape index (κ1) is 12.4. The third-order valence-corrected chi connectivity index (χ3v) is 2.25. The number of aliphatic hydroxyl groups excluding tert-OH is 1. The zero-order chi connectivity index (χ0) is 12.1. The summed E-state index contributed by atoms with van der Waals surface area (Å²) in [5.41, 5.74) is 0.758. The summed E-state index contributed by atoms with van der Waals surface area (Å²) < 4.78 is 9.09. The Bertz CT molecular complexity index is 353. The summed E-state index contributed by atoms with van der Waals surface area (Å²) >= 11 is 0. The minimum absolute atomic E-state index is 0.195. The Morgan fingerprint density at radius 2 is 2.31 bits per heavy atom. The van der Waals surface area contributed by atoms with Crippen LogP contribution in [0.5, 0.6) is 0 Å². The molecule has 0 aromatic carbocycles. The van der Waals surface area contributed by atoms with E-state index in [-0.39, 0.29) is 12.4 Å². The lowest BCUT2D eigenvalue weighted by molar-refractivity contribution is -0.150. The summed E-state index contributed by atoms with van der Waals surface area (Å²) in [5.74, 6) is -0.906. The van der Waals surface area contributed by atoms with Crippen molar-refractivity contribution in [2.75, 3.05) is 7.11 Å². The zero-order valence-electron chi connectivity index (χ0n) is 9.23. The van der Waals surface area contributed by atoms with Crippen LogP contribution in [0.2, 0.25) is 0 Å². The van der Waals surface area contributed by atoms with Crippen LogP contribution in [0, 0.1) is 0 Å². The van der Waals surface area contributed by atoms with Crippen LogP contribution in [0.4, 0.5) is 0 Å². The molecule has 16 heavy (non-hydrogen) atoms. The first-order valence-electron chi connectivity index (χ1n) is 4.92. The van der Waals surface area contributed by atoms with Gasteiger partial charge in [-0.3, -0.25) is 4.79 Å². The van der Waals surface area contributed by atoms with E-state index in [1.54, 1.807) is 19.1 Å². The van der Waals surface area contributed by atoms with Crippen LogP contribution >= 0.6 is 0 Å². The Morgan fingerprint density at radius 3 is 2.88 bits per heavy atom. The average molecular weight is 226 g/mol. The lowest BCUT2D eigenvalue weighted by Crippen LogP contribution is -2.05. The van der Waals surface area contributed by atoms with Crippen molar-refractivity contribution in [3.8, 4) is 0 Å². The van der Waals surface area contributed by atoms with Crippen LogP contribution < -0.4 is 0 Å². The fourth-order valence-corrected chi connectivity index (χ4v) is 1.41. The van der Waals surface area contributed by atoms with E-state index in [1.807, 2.05) is 0 Å². The van der Waals surface area contributed by atoms with Gasteiger partial charge in [0.2, 0.25) is 6.29 Å². The summed E-state index contributed by atoms with van der Waals surface area (Å²) in [6, 6.07) is 0. The van der Waals surface area contributed by atoms with Crippen molar-refractivity contribution in [2.24, 2.45) is 0 Å². The highest BCUT2D eigenvalue weighted by atomic mass is 16.6. The van der Waals surface area contributed by atoms with Crippen molar-refractivity contribution in [3.05, 3.63) is 23.3 Å². The second kappa shape index (κ2) is 5.46. The topological polar surface area (TPSA) is 72.8 Å². The maximum atomic E-state index is 11.3. The predicted octanol–water partition coefficient (Wildman–Crippen LogP) is 0.688. The zero-order valence-corrected chi connectivity index (χ0v) is 9.23. The SMILES string of the molecule is C/C=C1\C(=C/CCC(=O)OC)C(=O)OC1O. The quantitative estimate of drug-likeness (QED) is 0.566. The van der Waals surface area contributed by atoms with Crippen molar-refractivity contribution in [2.45, 2.75) is 26.1 Å². The highest BCUT2D eigenvalue weighted by Crippen LogP contribution is 2.25. The fraction of sp³-hybridized carbons (Fsp3) is 0.455. The molecule has 1 unspecified atom stereocenters.